The van der Waals surface area contributed by atoms with Gasteiger partial charge < -0.3 is 10.6 Å². The molecule has 3 unspecified atom stereocenters. The Morgan fingerprint density at radius 2 is 1.90 bits per heavy atom. The molecule has 1 saturated carbocycles. The van der Waals surface area contributed by atoms with Crippen molar-refractivity contribution in [2.45, 2.75) is 64.7 Å². The van der Waals surface area contributed by atoms with Crippen LogP contribution in [0.2, 0.25) is 0 Å². The van der Waals surface area contributed by atoms with E-state index < -0.39 is 0 Å². The largest absolute Gasteiger partial charge is 0.342 e. The summed E-state index contributed by atoms with van der Waals surface area (Å²) < 4.78 is 0. The summed E-state index contributed by atoms with van der Waals surface area (Å²) in [6, 6.07) is 0. The number of amides is 1. The summed E-state index contributed by atoms with van der Waals surface area (Å²) in [6.07, 6.45) is 10.9. The Balaban J connectivity index is 1.85. The van der Waals surface area contributed by atoms with E-state index in [0.717, 1.165) is 38.4 Å². The number of carbonyl (C=O) groups is 1. The molecule has 3 atom stereocenters. The number of likely N-dealkylation sites (tertiary alicyclic amines) is 1. The molecule has 3 nitrogen and oxygen atoms in total. The number of nitrogens with zero attached hydrogens (tertiary/aromatic N) is 1. The van der Waals surface area contributed by atoms with Gasteiger partial charge in [0.15, 0.2) is 0 Å². The van der Waals surface area contributed by atoms with Gasteiger partial charge in [-0.05, 0) is 56.9 Å². The highest BCUT2D eigenvalue weighted by Crippen LogP contribution is 2.31. The monoisotopic (exact) mass is 280 g/mol. The maximum atomic E-state index is 12.7. The molecule has 0 aromatic rings. The van der Waals surface area contributed by atoms with E-state index >= 15 is 0 Å². The minimum Gasteiger partial charge on any atom is -0.342 e. The lowest BCUT2D eigenvalue weighted by Gasteiger charge is -2.32. The number of hydrogen-bond acceptors (Lipinski definition) is 2. The first-order chi connectivity index (χ1) is 9.74. The highest BCUT2D eigenvalue weighted by molar-refractivity contribution is 5.79. The molecule has 0 spiro atoms. The first-order valence-electron chi connectivity index (χ1n) is 8.73. The number of hydrogen-bond donors (Lipinski definition) is 1. The average molecular weight is 280 g/mol. The smallest absolute Gasteiger partial charge is 0.225 e. The summed E-state index contributed by atoms with van der Waals surface area (Å²) in [4.78, 5) is 14.9. The Bertz CT molecular complexity index is 305. The molecule has 2 fully saturated rings. The third kappa shape index (κ3) is 4.21. The highest BCUT2D eigenvalue weighted by Gasteiger charge is 2.30. The van der Waals surface area contributed by atoms with Crippen LogP contribution in [0.3, 0.4) is 0 Å². The summed E-state index contributed by atoms with van der Waals surface area (Å²) >= 11 is 0. The summed E-state index contributed by atoms with van der Waals surface area (Å²) in [5.41, 5.74) is 5.80. The van der Waals surface area contributed by atoms with Crippen molar-refractivity contribution in [2.24, 2.45) is 23.5 Å². The van der Waals surface area contributed by atoms with Gasteiger partial charge in [0.05, 0.1) is 0 Å². The number of nitrogens with two attached hydrogens (primary N) is 1. The van der Waals surface area contributed by atoms with Crippen LogP contribution in [-0.2, 0) is 4.79 Å². The van der Waals surface area contributed by atoms with E-state index in [2.05, 4.69) is 11.8 Å². The zero-order chi connectivity index (χ0) is 14.4. The van der Waals surface area contributed by atoms with Gasteiger partial charge in [0.1, 0.15) is 0 Å². The molecule has 2 aliphatic rings. The minimum absolute atomic E-state index is 0.264. The van der Waals surface area contributed by atoms with E-state index in [4.69, 9.17) is 5.73 Å². The predicted molar refractivity (Wildman–Crippen MR) is 83.3 cm³/mol. The van der Waals surface area contributed by atoms with Crippen LogP contribution < -0.4 is 5.73 Å². The first kappa shape index (κ1) is 15.8. The van der Waals surface area contributed by atoms with E-state index in [-0.39, 0.29) is 5.92 Å². The fourth-order valence-electron chi connectivity index (χ4n) is 4.07. The van der Waals surface area contributed by atoms with E-state index in [1.54, 1.807) is 0 Å². The van der Waals surface area contributed by atoms with Gasteiger partial charge in [-0.2, -0.15) is 0 Å². The van der Waals surface area contributed by atoms with Crippen molar-refractivity contribution in [1.82, 2.24) is 4.90 Å². The Kier molecular flexibility index (Phi) is 6.34. The molecule has 2 N–H and O–H groups in total. The second-order valence-electron chi connectivity index (χ2n) is 6.88. The van der Waals surface area contributed by atoms with Gasteiger partial charge >= 0.3 is 0 Å². The van der Waals surface area contributed by atoms with Crippen LogP contribution in [0.15, 0.2) is 0 Å². The summed E-state index contributed by atoms with van der Waals surface area (Å²) in [6.45, 7) is 5.00. The lowest BCUT2D eigenvalue weighted by Crippen LogP contribution is -2.39. The second-order valence-corrected chi connectivity index (χ2v) is 6.88. The fraction of sp³-hybridized carbons (Fsp3) is 0.941. The summed E-state index contributed by atoms with van der Waals surface area (Å²) in [7, 11) is 0. The number of rotatable bonds is 4. The van der Waals surface area contributed by atoms with Crippen molar-refractivity contribution in [1.29, 1.82) is 0 Å². The summed E-state index contributed by atoms with van der Waals surface area (Å²) in [5, 5.41) is 0. The van der Waals surface area contributed by atoms with E-state index in [0.29, 0.717) is 11.8 Å². The van der Waals surface area contributed by atoms with Gasteiger partial charge in [0.2, 0.25) is 5.91 Å². The van der Waals surface area contributed by atoms with Crippen molar-refractivity contribution in [3.8, 4) is 0 Å². The zero-order valence-electron chi connectivity index (χ0n) is 13.2. The SMILES string of the molecule is CCCC1CCCN(C(=O)C2CCCC(CN)C2)CC1. The van der Waals surface area contributed by atoms with Gasteiger partial charge in [-0.25, -0.2) is 0 Å². The van der Waals surface area contributed by atoms with Crippen LogP contribution in [0.25, 0.3) is 0 Å². The molecule has 0 aromatic heterocycles. The quantitative estimate of drug-likeness (QED) is 0.859. The third-order valence-electron chi connectivity index (χ3n) is 5.32. The van der Waals surface area contributed by atoms with Crippen LogP contribution in [0.4, 0.5) is 0 Å². The van der Waals surface area contributed by atoms with Crippen molar-refractivity contribution in [3.63, 3.8) is 0 Å². The molecule has 1 heterocycles. The molecule has 116 valence electrons. The Morgan fingerprint density at radius 1 is 1.10 bits per heavy atom. The fourth-order valence-corrected chi connectivity index (χ4v) is 4.07. The molecule has 1 amide bonds. The molecule has 20 heavy (non-hydrogen) atoms. The molecule has 0 aromatic carbocycles. The van der Waals surface area contributed by atoms with Gasteiger partial charge in [0.25, 0.3) is 0 Å². The van der Waals surface area contributed by atoms with Crippen LogP contribution in [0, 0.1) is 17.8 Å². The van der Waals surface area contributed by atoms with Gasteiger partial charge in [-0.3, -0.25) is 4.79 Å². The molecule has 1 aliphatic heterocycles. The molecule has 0 bridgehead atoms. The maximum absolute atomic E-state index is 12.7. The van der Waals surface area contributed by atoms with Crippen LogP contribution >= 0.6 is 0 Å². The molecular formula is C17H32N2O. The molecule has 0 radical (unpaired) electrons. The van der Waals surface area contributed by atoms with Crippen molar-refractivity contribution < 1.29 is 4.79 Å². The average Bonchev–Trinajstić information content (AvgIpc) is 2.73. The lowest BCUT2D eigenvalue weighted by atomic mass is 9.80. The van der Waals surface area contributed by atoms with Gasteiger partial charge in [0, 0.05) is 19.0 Å². The molecule has 1 saturated heterocycles. The third-order valence-corrected chi connectivity index (χ3v) is 5.32. The van der Waals surface area contributed by atoms with Crippen molar-refractivity contribution in [2.75, 3.05) is 19.6 Å². The molecular weight excluding hydrogens is 248 g/mol. The Hall–Kier alpha value is -0.570. The predicted octanol–water partition coefficient (Wildman–Crippen LogP) is 3.18. The maximum Gasteiger partial charge on any atom is 0.225 e. The van der Waals surface area contributed by atoms with E-state index in [1.807, 2.05) is 0 Å². The van der Waals surface area contributed by atoms with Crippen molar-refractivity contribution >= 4 is 5.91 Å². The van der Waals surface area contributed by atoms with Gasteiger partial charge in [-0.1, -0.05) is 26.2 Å². The van der Waals surface area contributed by atoms with E-state index in [9.17, 15) is 4.79 Å². The standard InChI is InChI=1S/C17H32N2O/c1-2-5-14-7-4-10-19(11-9-14)17(20)16-8-3-6-15(12-16)13-18/h14-16H,2-13,18H2,1H3. The van der Waals surface area contributed by atoms with Crippen molar-refractivity contribution in [3.05, 3.63) is 0 Å². The van der Waals surface area contributed by atoms with E-state index in [1.165, 1.54) is 44.9 Å². The minimum atomic E-state index is 0.264. The normalized spacial score (nSPS) is 31.9. The summed E-state index contributed by atoms with van der Waals surface area (Å²) in [5.74, 6) is 2.12. The van der Waals surface area contributed by atoms with Gasteiger partial charge in [-0.15, -0.1) is 0 Å². The number of carbonyl (C=O) groups excluding carboxylic acids is 1. The topological polar surface area (TPSA) is 46.3 Å². The molecule has 3 heteroatoms. The highest BCUT2D eigenvalue weighted by atomic mass is 16.2. The first-order valence-corrected chi connectivity index (χ1v) is 8.73. The van der Waals surface area contributed by atoms with Crippen LogP contribution in [0.1, 0.15) is 64.7 Å². The van der Waals surface area contributed by atoms with Crippen LogP contribution in [0.5, 0.6) is 0 Å². The lowest BCUT2D eigenvalue weighted by molar-refractivity contribution is -0.137. The molecule has 1 aliphatic carbocycles. The Morgan fingerprint density at radius 3 is 2.65 bits per heavy atom. The zero-order valence-corrected chi connectivity index (χ0v) is 13.2. The van der Waals surface area contributed by atoms with Crippen LogP contribution in [-0.4, -0.2) is 30.4 Å². The molecule has 2 rings (SSSR count). The Labute approximate surface area is 124 Å². The second kappa shape index (κ2) is 8.02.